The first-order chi connectivity index (χ1) is 8.29. The van der Waals surface area contributed by atoms with Crippen molar-refractivity contribution in [3.8, 4) is 10.7 Å². The molecule has 2 rings (SSSR count). The minimum absolute atomic E-state index is 0.0448. The summed E-state index contributed by atoms with van der Waals surface area (Å²) in [6.07, 6.45) is 0. The van der Waals surface area contributed by atoms with E-state index in [0.717, 1.165) is 18.6 Å². The van der Waals surface area contributed by atoms with Gasteiger partial charge in [-0.05, 0) is 44.6 Å². The Hall–Kier alpha value is -0.210. The minimum Gasteiger partial charge on any atom is -0.383 e. The Bertz CT molecular complexity index is 589. The third kappa shape index (κ3) is 2.85. The second-order valence-electron chi connectivity index (χ2n) is 4.97. The van der Waals surface area contributed by atoms with Crippen molar-refractivity contribution in [2.24, 2.45) is 0 Å². The number of halogens is 2. The summed E-state index contributed by atoms with van der Waals surface area (Å²) in [4.78, 5) is 10.1. The summed E-state index contributed by atoms with van der Waals surface area (Å²) in [6.45, 7) is 6.39. The van der Waals surface area contributed by atoms with E-state index in [1.807, 2.05) is 11.4 Å². The average molecular weight is 438 g/mol. The van der Waals surface area contributed by atoms with Gasteiger partial charge in [-0.3, -0.25) is 0 Å². The van der Waals surface area contributed by atoms with E-state index >= 15 is 0 Å². The van der Waals surface area contributed by atoms with E-state index in [-0.39, 0.29) is 5.41 Å². The molecule has 0 saturated heterocycles. The maximum Gasteiger partial charge on any atom is 0.171 e. The molecule has 0 fully saturated rings. The molecule has 0 bridgehead atoms. The molecule has 0 aromatic carbocycles. The first-order valence-corrected chi connectivity index (χ1v) is 8.12. The minimum atomic E-state index is -0.0448. The van der Waals surface area contributed by atoms with E-state index in [1.54, 1.807) is 11.3 Å². The first kappa shape index (κ1) is 14.2. The lowest BCUT2D eigenvalue weighted by atomic mass is 9.92. The molecule has 0 aliphatic rings. The highest BCUT2D eigenvalue weighted by Crippen LogP contribution is 2.33. The van der Waals surface area contributed by atoms with Crippen molar-refractivity contribution >= 4 is 55.7 Å². The second-order valence-corrected chi connectivity index (χ2v) is 7.88. The van der Waals surface area contributed by atoms with Crippen molar-refractivity contribution in [3.63, 3.8) is 0 Å². The molecule has 96 valence electrons. The van der Waals surface area contributed by atoms with Crippen LogP contribution in [0, 0.1) is 3.57 Å². The van der Waals surface area contributed by atoms with Gasteiger partial charge in [0.25, 0.3) is 0 Å². The number of rotatable bonds is 1. The number of nitrogens with two attached hydrogens (primary N) is 1. The average Bonchev–Trinajstić information content (AvgIpc) is 2.67. The van der Waals surface area contributed by atoms with E-state index in [4.69, 9.17) is 5.73 Å². The van der Waals surface area contributed by atoms with Crippen molar-refractivity contribution in [2.45, 2.75) is 26.2 Å². The van der Waals surface area contributed by atoms with E-state index in [9.17, 15) is 0 Å². The summed E-state index contributed by atoms with van der Waals surface area (Å²) in [5.74, 6) is 1.25. The van der Waals surface area contributed by atoms with E-state index in [2.05, 4.69) is 69.3 Å². The molecule has 0 amide bonds. The standard InChI is InChI=1S/C12H13BrIN3S/c1-12(2,3)9-8(14)10(15)17-11(16-9)7-4-6(13)5-18-7/h4-5H,1-3H3,(H2,15,16,17). The molecule has 0 radical (unpaired) electrons. The van der Waals surface area contributed by atoms with Crippen molar-refractivity contribution in [2.75, 3.05) is 5.73 Å². The molecule has 2 N–H and O–H groups in total. The highest BCUT2D eigenvalue weighted by molar-refractivity contribution is 14.1. The van der Waals surface area contributed by atoms with Crippen LogP contribution in [0.2, 0.25) is 0 Å². The lowest BCUT2D eigenvalue weighted by Crippen LogP contribution is -2.18. The van der Waals surface area contributed by atoms with Crippen LogP contribution >= 0.6 is 49.9 Å². The Labute approximate surface area is 132 Å². The van der Waals surface area contributed by atoms with Crippen molar-refractivity contribution in [3.05, 3.63) is 25.2 Å². The highest BCUT2D eigenvalue weighted by Gasteiger charge is 2.23. The number of nitrogen functional groups attached to an aromatic ring is 1. The van der Waals surface area contributed by atoms with Gasteiger partial charge in [0.05, 0.1) is 14.1 Å². The molecule has 0 atom stereocenters. The van der Waals surface area contributed by atoms with Gasteiger partial charge < -0.3 is 5.73 Å². The number of thiophene rings is 1. The van der Waals surface area contributed by atoms with Crippen LogP contribution in [0.5, 0.6) is 0 Å². The van der Waals surface area contributed by atoms with Gasteiger partial charge in [0.1, 0.15) is 5.82 Å². The number of hydrogen-bond acceptors (Lipinski definition) is 4. The fourth-order valence-electron chi connectivity index (χ4n) is 1.50. The van der Waals surface area contributed by atoms with Crippen LogP contribution in [0.3, 0.4) is 0 Å². The van der Waals surface area contributed by atoms with Crippen LogP contribution in [-0.4, -0.2) is 9.97 Å². The Balaban J connectivity index is 2.61. The molecule has 0 saturated carbocycles. The molecule has 0 spiro atoms. The van der Waals surface area contributed by atoms with Gasteiger partial charge in [-0.25, -0.2) is 9.97 Å². The van der Waals surface area contributed by atoms with Gasteiger partial charge in [0.15, 0.2) is 5.82 Å². The molecule has 2 aromatic rings. The summed E-state index contributed by atoms with van der Waals surface area (Å²) < 4.78 is 1.99. The van der Waals surface area contributed by atoms with E-state index in [0.29, 0.717) is 11.6 Å². The summed E-state index contributed by atoms with van der Waals surface area (Å²) in [6, 6.07) is 2.01. The molecule has 18 heavy (non-hydrogen) atoms. The number of anilines is 1. The molecule has 0 aliphatic heterocycles. The highest BCUT2D eigenvalue weighted by atomic mass is 127. The van der Waals surface area contributed by atoms with Gasteiger partial charge >= 0.3 is 0 Å². The molecule has 2 aromatic heterocycles. The third-order valence-corrected chi connectivity index (χ3v) is 5.13. The molecule has 0 unspecified atom stereocenters. The van der Waals surface area contributed by atoms with Crippen LogP contribution in [0.25, 0.3) is 10.7 Å². The smallest absolute Gasteiger partial charge is 0.171 e. The lowest BCUT2D eigenvalue weighted by Gasteiger charge is -2.20. The zero-order valence-corrected chi connectivity index (χ0v) is 14.9. The predicted molar refractivity (Wildman–Crippen MR) is 88.9 cm³/mol. The third-order valence-electron chi connectivity index (χ3n) is 2.38. The zero-order chi connectivity index (χ0) is 13.5. The monoisotopic (exact) mass is 437 g/mol. The van der Waals surface area contributed by atoms with Gasteiger partial charge in [0.2, 0.25) is 0 Å². The summed E-state index contributed by atoms with van der Waals surface area (Å²) in [7, 11) is 0. The van der Waals surface area contributed by atoms with Gasteiger partial charge in [0, 0.05) is 15.3 Å². The second kappa shape index (κ2) is 5.05. The van der Waals surface area contributed by atoms with Gasteiger partial charge in [-0.1, -0.05) is 20.8 Å². The van der Waals surface area contributed by atoms with Crippen LogP contribution in [0.1, 0.15) is 26.5 Å². The first-order valence-electron chi connectivity index (χ1n) is 5.37. The van der Waals surface area contributed by atoms with Crippen molar-refractivity contribution in [1.29, 1.82) is 0 Å². The summed E-state index contributed by atoms with van der Waals surface area (Å²) in [5.41, 5.74) is 6.95. The fourth-order valence-corrected chi connectivity index (χ4v) is 3.91. The van der Waals surface area contributed by atoms with Crippen LogP contribution < -0.4 is 5.73 Å². The molecule has 3 nitrogen and oxygen atoms in total. The van der Waals surface area contributed by atoms with Gasteiger partial charge in [-0.2, -0.15) is 0 Å². The number of nitrogens with zero attached hydrogens (tertiary/aromatic N) is 2. The van der Waals surface area contributed by atoms with Crippen LogP contribution in [-0.2, 0) is 5.41 Å². The van der Waals surface area contributed by atoms with Crippen molar-refractivity contribution < 1.29 is 0 Å². The largest absolute Gasteiger partial charge is 0.383 e. The van der Waals surface area contributed by atoms with E-state index in [1.165, 1.54) is 0 Å². The number of hydrogen-bond donors (Lipinski definition) is 1. The van der Waals surface area contributed by atoms with Crippen LogP contribution in [0.4, 0.5) is 5.82 Å². The Morgan fingerprint density at radius 1 is 1.33 bits per heavy atom. The normalized spacial score (nSPS) is 11.8. The Morgan fingerprint density at radius 3 is 2.50 bits per heavy atom. The quantitative estimate of drug-likeness (QED) is 0.670. The summed E-state index contributed by atoms with van der Waals surface area (Å²) in [5, 5.41) is 2.02. The predicted octanol–water partition coefficient (Wildman–Crippen LogP) is 4.45. The fraction of sp³-hybridized carbons (Fsp3) is 0.333. The molecular formula is C12H13BrIN3S. The molecule has 6 heteroatoms. The molecule has 2 heterocycles. The topological polar surface area (TPSA) is 51.8 Å². The lowest BCUT2D eigenvalue weighted by molar-refractivity contribution is 0.564. The zero-order valence-electron chi connectivity index (χ0n) is 10.3. The maximum atomic E-state index is 6.00. The SMILES string of the molecule is CC(C)(C)c1nc(-c2cc(Br)cs2)nc(N)c1I. The molecular weight excluding hydrogens is 425 g/mol. The summed E-state index contributed by atoms with van der Waals surface area (Å²) >= 11 is 7.26. The van der Waals surface area contributed by atoms with E-state index < -0.39 is 0 Å². The molecule has 0 aliphatic carbocycles. The number of aromatic nitrogens is 2. The maximum absolute atomic E-state index is 6.00. The van der Waals surface area contributed by atoms with Gasteiger partial charge in [-0.15, -0.1) is 11.3 Å². The van der Waals surface area contributed by atoms with Crippen molar-refractivity contribution in [1.82, 2.24) is 9.97 Å². The Kier molecular flexibility index (Phi) is 3.99. The Morgan fingerprint density at radius 2 is 2.00 bits per heavy atom. The van der Waals surface area contributed by atoms with Crippen LogP contribution in [0.15, 0.2) is 15.9 Å².